The molecule has 0 bridgehead atoms. The SMILES string of the molecule is CCOC(=O)C(N=Nc1ccc2c(CC)cccc2c1O)=C(C)O. The minimum atomic E-state index is -0.769. The molecule has 0 aromatic heterocycles. The molecule has 2 rings (SSSR count). The second-order valence-electron chi connectivity index (χ2n) is 5.15. The smallest absolute Gasteiger partial charge is 0.362 e. The highest BCUT2D eigenvalue weighted by molar-refractivity contribution is 5.94. The number of benzene rings is 2. The summed E-state index contributed by atoms with van der Waals surface area (Å²) in [5.41, 5.74) is 1.03. The van der Waals surface area contributed by atoms with E-state index >= 15 is 0 Å². The number of phenolic OH excluding ortho intramolecular Hbond substituents is 1. The number of rotatable bonds is 5. The van der Waals surface area contributed by atoms with Gasteiger partial charge in [-0.15, -0.1) is 10.2 Å². The molecule has 0 radical (unpaired) electrons. The molecule has 2 N–H and O–H groups in total. The molecule has 0 heterocycles. The van der Waals surface area contributed by atoms with Gasteiger partial charge in [0.05, 0.1) is 6.61 Å². The van der Waals surface area contributed by atoms with E-state index in [1.165, 1.54) is 6.92 Å². The van der Waals surface area contributed by atoms with Crippen LogP contribution >= 0.6 is 0 Å². The van der Waals surface area contributed by atoms with Gasteiger partial charge in [0.1, 0.15) is 11.4 Å². The van der Waals surface area contributed by atoms with Gasteiger partial charge in [0.15, 0.2) is 5.75 Å². The van der Waals surface area contributed by atoms with Gasteiger partial charge in [0.25, 0.3) is 0 Å². The highest BCUT2D eigenvalue weighted by atomic mass is 16.5. The standard InChI is InChI=1S/C18H20N2O4/c1-4-12-7-6-8-14-13(12)9-10-15(17(14)22)19-20-16(11(3)21)18(23)24-5-2/h6-10,21-22H,4-5H2,1-3H3. The minimum absolute atomic E-state index is 0.0228. The Morgan fingerprint density at radius 1 is 1.17 bits per heavy atom. The van der Waals surface area contributed by atoms with Crippen LogP contribution in [0.5, 0.6) is 5.75 Å². The van der Waals surface area contributed by atoms with Crippen molar-refractivity contribution in [1.29, 1.82) is 0 Å². The minimum Gasteiger partial charge on any atom is -0.510 e. The van der Waals surface area contributed by atoms with Gasteiger partial charge in [-0.2, -0.15) is 0 Å². The van der Waals surface area contributed by atoms with Crippen molar-refractivity contribution < 1.29 is 19.7 Å². The van der Waals surface area contributed by atoms with Crippen LogP contribution in [-0.4, -0.2) is 22.8 Å². The lowest BCUT2D eigenvalue weighted by Gasteiger charge is -2.07. The summed E-state index contributed by atoms with van der Waals surface area (Å²) in [6.45, 7) is 5.17. The Hall–Kier alpha value is -2.89. The number of carbonyl (C=O) groups is 1. The lowest BCUT2D eigenvalue weighted by atomic mass is 10.0. The Bertz CT molecular complexity index is 821. The molecule has 2 aromatic rings. The summed E-state index contributed by atoms with van der Waals surface area (Å²) in [6.07, 6.45) is 0.844. The maximum atomic E-state index is 11.7. The number of carbonyl (C=O) groups excluding carboxylic acids is 1. The molecular weight excluding hydrogens is 308 g/mol. The zero-order valence-electron chi connectivity index (χ0n) is 13.9. The largest absolute Gasteiger partial charge is 0.510 e. The van der Waals surface area contributed by atoms with Crippen molar-refractivity contribution in [1.82, 2.24) is 0 Å². The summed E-state index contributed by atoms with van der Waals surface area (Å²) in [4.78, 5) is 11.7. The van der Waals surface area contributed by atoms with Crippen molar-refractivity contribution in [2.24, 2.45) is 10.2 Å². The molecule has 24 heavy (non-hydrogen) atoms. The van der Waals surface area contributed by atoms with Gasteiger partial charge >= 0.3 is 5.97 Å². The van der Waals surface area contributed by atoms with E-state index in [0.717, 1.165) is 17.4 Å². The highest BCUT2D eigenvalue weighted by Crippen LogP contribution is 2.36. The number of ether oxygens (including phenoxy) is 1. The third-order valence-corrected chi connectivity index (χ3v) is 3.55. The molecule has 126 valence electrons. The van der Waals surface area contributed by atoms with E-state index in [1.54, 1.807) is 19.1 Å². The van der Waals surface area contributed by atoms with E-state index in [1.807, 2.05) is 25.1 Å². The molecule has 0 saturated heterocycles. The van der Waals surface area contributed by atoms with Crippen LogP contribution in [0.15, 0.2) is 52.0 Å². The number of azo groups is 1. The Morgan fingerprint density at radius 3 is 2.54 bits per heavy atom. The summed E-state index contributed by atoms with van der Waals surface area (Å²) in [7, 11) is 0. The van der Waals surface area contributed by atoms with Crippen molar-refractivity contribution in [3.63, 3.8) is 0 Å². The van der Waals surface area contributed by atoms with Crippen LogP contribution < -0.4 is 0 Å². The number of aryl methyl sites for hydroxylation is 1. The fraction of sp³-hybridized carbons (Fsp3) is 0.278. The van der Waals surface area contributed by atoms with Gasteiger partial charge in [0.2, 0.25) is 5.70 Å². The van der Waals surface area contributed by atoms with Gasteiger partial charge < -0.3 is 14.9 Å². The molecule has 0 aliphatic rings. The van der Waals surface area contributed by atoms with E-state index in [2.05, 4.69) is 10.2 Å². The van der Waals surface area contributed by atoms with Gasteiger partial charge in [-0.1, -0.05) is 31.2 Å². The molecule has 0 atom stereocenters. The maximum absolute atomic E-state index is 11.7. The Morgan fingerprint density at radius 2 is 1.92 bits per heavy atom. The van der Waals surface area contributed by atoms with E-state index in [9.17, 15) is 15.0 Å². The Balaban J connectivity index is 2.45. The molecule has 0 aliphatic heterocycles. The Labute approximate surface area is 140 Å². The molecular formula is C18H20N2O4. The number of hydrogen-bond donors (Lipinski definition) is 2. The second-order valence-corrected chi connectivity index (χ2v) is 5.15. The average molecular weight is 328 g/mol. The number of aliphatic hydroxyl groups excluding tert-OH is 1. The first-order chi connectivity index (χ1) is 11.5. The fourth-order valence-electron chi connectivity index (χ4n) is 2.35. The molecule has 0 saturated carbocycles. The Kier molecular flexibility index (Phi) is 5.52. The van der Waals surface area contributed by atoms with Gasteiger partial charge in [0, 0.05) is 5.39 Å². The van der Waals surface area contributed by atoms with Crippen molar-refractivity contribution in [3.8, 4) is 5.75 Å². The van der Waals surface area contributed by atoms with E-state index < -0.39 is 5.97 Å². The first-order valence-electron chi connectivity index (χ1n) is 7.71. The second kappa shape index (κ2) is 7.59. The number of aromatic hydroxyl groups is 1. The average Bonchev–Trinajstić information content (AvgIpc) is 2.56. The van der Waals surface area contributed by atoms with Gasteiger partial charge in [-0.25, -0.2) is 4.79 Å². The van der Waals surface area contributed by atoms with Crippen molar-refractivity contribution in [3.05, 3.63) is 47.4 Å². The number of aliphatic hydroxyl groups is 1. The molecule has 0 aliphatic carbocycles. The molecule has 0 fully saturated rings. The third kappa shape index (κ3) is 3.53. The molecule has 0 amide bonds. The summed E-state index contributed by atoms with van der Waals surface area (Å²) in [6, 6.07) is 9.13. The maximum Gasteiger partial charge on any atom is 0.362 e. The lowest BCUT2D eigenvalue weighted by Crippen LogP contribution is -2.07. The van der Waals surface area contributed by atoms with Crippen molar-refractivity contribution in [2.75, 3.05) is 6.61 Å². The van der Waals surface area contributed by atoms with Crippen LogP contribution in [0.4, 0.5) is 5.69 Å². The first-order valence-corrected chi connectivity index (χ1v) is 7.71. The normalized spacial score (nSPS) is 12.5. The number of phenols is 1. The summed E-state index contributed by atoms with van der Waals surface area (Å²) < 4.78 is 4.81. The zero-order chi connectivity index (χ0) is 17.7. The van der Waals surface area contributed by atoms with Crippen LogP contribution in [0.2, 0.25) is 0 Å². The van der Waals surface area contributed by atoms with Crippen LogP contribution in [0.3, 0.4) is 0 Å². The monoisotopic (exact) mass is 328 g/mol. The first kappa shape index (κ1) is 17.5. The number of nitrogens with zero attached hydrogens (tertiary/aromatic N) is 2. The lowest BCUT2D eigenvalue weighted by molar-refractivity contribution is -0.138. The van der Waals surface area contributed by atoms with Crippen LogP contribution in [0.1, 0.15) is 26.3 Å². The van der Waals surface area contributed by atoms with Crippen molar-refractivity contribution in [2.45, 2.75) is 27.2 Å². The molecule has 2 aromatic carbocycles. The zero-order valence-corrected chi connectivity index (χ0v) is 13.9. The predicted molar refractivity (Wildman–Crippen MR) is 91.5 cm³/mol. The van der Waals surface area contributed by atoms with Crippen LogP contribution in [-0.2, 0) is 16.0 Å². The predicted octanol–water partition coefficient (Wildman–Crippen LogP) is 4.54. The van der Waals surface area contributed by atoms with Crippen molar-refractivity contribution >= 4 is 22.4 Å². The van der Waals surface area contributed by atoms with Crippen LogP contribution in [0.25, 0.3) is 10.8 Å². The number of fused-ring (bicyclic) bond motifs is 1. The number of hydrogen-bond acceptors (Lipinski definition) is 6. The van der Waals surface area contributed by atoms with Gasteiger partial charge in [-0.05, 0) is 37.3 Å². The van der Waals surface area contributed by atoms with Crippen LogP contribution in [0, 0.1) is 0 Å². The fourth-order valence-corrected chi connectivity index (χ4v) is 2.35. The molecule has 0 unspecified atom stereocenters. The summed E-state index contributed by atoms with van der Waals surface area (Å²) in [5.74, 6) is -1.09. The number of allylic oxidation sites excluding steroid dienone is 1. The van der Waals surface area contributed by atoms with E-state index in [-0.39, 0.29) is 29.5 Å². The molecule has 6 heteroatoms. The van der Waals surface area contributed by atoms with E-state index in [0.29, 0.717) is 5.39 Å². The topological polar surface area (TPSA) is 91.5 Å². The van der Waals surface area contributed by atoms with Gasteiger partial charge in [-0.3, -0.25) is 0 Å². The summed E-state index contributed by atoms with van der Waals surface area (Å²) in [5, 5.41) is 29.2. The van der Waals surface area contributed by atoms with E-state index in [4.69, 9.17) is 4.74 Å². The summed E-state index contributed by atoms with van der Waals surface area (Å²) >= 11 is 0. The quantitative estimate of drug-likeness (QED) is 0.365. The molecule has 0 spiro atoms. The highest BCUT2D eigenvalue weighted by Gasteiger charge is 2.15. The molecule has 6 nitrogen and oxygen atoms in total. The number of esters is 1. The third-order valence-electron chi connectivity index (χ3n) is 3.55.